The van der Waals surface area contributed by atoms with Crippen LogP contribution in [-0.2, 0) is 23.1 Å². The van der Waals surface area contributed by atoms with Crippen molar-refractivity contribution in [3.8, 4) is 0 Å². The number of amides is 1. The molecule has 0 aromatic heterocycles. The van der Waals surface area contributed by atoms with Crippen LogP contribution in [0.3, 0.4) is 0 Å². The number of carbonyl (C=O) groups is 1. The van der Waals surface area contributed by atoms with Crippen LogP contribution < -0.4 is 5.32 Å². The van der Waals surface area contributed by atoms with E-state index in [2.05, 4.69) is 16.3 Å². The standard InChI is InChI=1S/C25H32ClN3O3S/c26-24-12-11-22(33(31,32)29-15-5-1-2-6-16-29)17-23(24)25(30)27-18-20-9-3-4-10-21(20)19-28-13-7-8-14-28/h3-4,9-12,17H,1-2,5-8,13-16,18-19H2,(H,27,30). The molecule has 2 saturated heterocycles. The summed E-state index contributed by atoms with van der Waals surface area (Å²) >= 11 is 6.30. The number of halogens is 1. The second-order valence-corrected chi connectivity index (χ2v) is 11.2. The molecule has 1 amide bonds. The molecule has 2 aromatic carbocycles. The number of likely N-dealkylation sites (tertiary alicyclic amines) is 1. The average Bonchev–Trinajstić information content (AvgIpc) is 3.16. The Morgan fingerprint density at radius 2 is 1.52 bits per heavy atom. The second-order valence-electron chi connectivity index (χ2n) is 8.89. The molecule has 0 saturated carbocycles. The van der Waals surface area contributed by atoms with E-state index in [4.69, 9.17) is 11.6 Å². The summed E-state index contributed by atoms with van der Waals surface area (Å²) in [5.41, 5.74) is 2.44. The summed E-state index contributed by atoms with van der Waals surface area (Å²) in [7, 11) is -3.66. The highest BCUT2D eigenvalue weighted by atomic mass is 35.5. The molecule has 6 nitrogen and oxygen atoms in total. The van der Waals surface area contributed by atoms with E-state index in [1.54, 1.807) is 0 Å². The van der Waals surface area contributed by atoms with Crippen molar-refractivity contribution in [2.45, 2.75) is 56.5 Å². The van der Waals surface area contributed by atoms with Gasteiger partial charge in [-0.05, 0) is 68.1 Å². The maximum atomic E-state index is 13.2. The summed E-state index contributed by atoms with van der Waals surface area (Å²) in [6.45, 7) is 4.47. The first kappa shape index (κ1) is 24.2. The largest absolute Gasteiger partial charge is 0.348 e. The van der Waals surface area contributed by atoms with Gasteiger partial charge in [0.05, 0.1) is 15.5 Å². The molecule has 2 aliphatic rings. The molecular weight excluding hydrogens is 458 g/mol. The minimum atomic E-state index is -3.66. The lowest BCUT2D eigenvalue weighted by molar-refractivity contribution is 0.0950. The van der Waals surface area contributed by atoms with Gasteiger partial charge in [-0.25, -0.2) is 8.42 Å². The Morgan fingerprint density at radius 1 is 0.879 bits per heavy atom. The van der Waals surface area contributed by atoms with Gasteiger partial charge in [0.15, 0.2) is 0 Å². The van der Waals surface area contributed by atoms with Gasteiger partial charge in [-0.3, -0.25) is 9.69 Å². The number of hydrogen-bond donors (Lipinski definition) is 1. The van der Waals surface area contributed by atoms with Crippen LogP contribution in [0, 0.1) is 0 Å². The predicted molar refractivity (Wildman–Crippen MR) is 131 cm³/mol. The zero-order chi connectivity index (χ0) is 23.3. The third kappa shape index (κ3) is 5.96. The minimum Gasteiger partial charge on any atom is -0.348 e. The van der Waals surface area contributed by atoms with Gasteiger partial charge in [-0.2, -0.15) is 4.31 Å². The third-order valence-corrected chi connectivity index (χ3v) is 8.76. The Kier molecular flexibility index (Phi) is 8.07. The van der Waals surface area contributed by atoms with E-state index in [1.165, 1.54) is 40.9 Å². The maximum absolute atomic E-state index is 13.2. The fourth-order valence-electron chi connectivity index (χ4n) is 4.61. The predicted octanol–water partition coefficient (Wildman–Crippen LogP) is 4.43. The smallest absolute Gasteiger partial charge is 0.253 e. The van der Waals surface area contributed by atoms with Crippen molar-refractivity contribution in [3.63, 3.8) is 0 Å². The van der Waals surface area contributed by atoms with Gasteiger partial charge < -0.3 is 5.32 Å². The van der Waals surface area contributed by atoms with Crippen LogP contribution in [0.2, 0.25) is 5.02 Å². The number of sulfonamides is 1. The average molecular weight is 490 g/mol. The van der Waals surface area contributed by atoms with Crippen LogP contribution in [-0.4, -0.2) is 49.7 Å². The van der Waals surface area contributed by atoms with E-state index in [-0.39, 0.29) is 21.4 Å². The molecule has 2 aliphatic heterocycles. The quantitative estimate of drug-likeness (QED) is 0.624. The molecule has 2 aromatic rings. The van der Waals surface area contributed by atoms with Gasteiger partial charge in [0, 0.05) is 26.2 Å². The molecule has 0 radical (unpaired) electrons. The first-order valence-electron chi connectivity index (χ1n) is 11.8. The fraction of sp³-hybridized carbons (Fsp3) is 0.480. The topological polar surface area (TPSA) is 69.7 Å². The van der Waals surface area contributed by atoms with Crippen molar-refractivity contribution >= 4 is 27.5 Å². The molecule has 2 heterocycles. The van der Waals surface area contributed by atoms with Gasteiger partial charge in [0.2, 0.25) is 10.0 Å². The molecule has 2 fully saturated rings. The van der Waals surface area contributed by atoms with E-state index in [9.17, 15) is 13.2 Å². The lowest BCUT2D eigenvalue weighted by Gasteiger charge is -2.20. The molecule has 1 N–H and O–H groups in total. The minimum absolute atomic E-state index is 0.119. The normalized spacial score (nSPS) is 18.2. The van der Waals surface area contributed by atoms with E-state index in [0.29, 0.717) is 19.6 Å². The van der Waals surface area contributed by atoms with Crippen molar-refractivity contribution < 1.29 is 13.2 Å². The number of rotatable bonds is 7. The van der Waals surface area contributed by atoms with Crippen LogP contribution in [0.25, 0.3) is 0 Å². The van der Waals surface area contributed by atoms with E-state index < -0.39 is 10.0 Å². The number of nitrogens with one attached hydrogen (secondary N) is 1. The molecule has 0 atom stereocenters. The van der Waals surface area contributed by atoms with Crippen molar-refractivity contribution in [3.05, 3.63) is 64.2 Å². The molecule has 0 bridgehead atoms. The SMILES string of the molecule is O=C(NCc1ccccc1CN1CCCC1)c1cc(S(=O)(=O)N2CCCCCC2)ccc1Cl. The Balaban J connectivity index is 1.48. The van der Waals surface area contributed by atoms with E-state index in [0.717, 1.165) is 50.9 Å². The number of hydrogen-bond acceptors (Lipinski definition) is 4. The van der Waals surface area contributed by atoms with Gasteiger partial charge >= 0.3 is 0 Å². The van der Waals surface area contributed by atoms with Crippen LogP contribution in [0.5, 0.6) is 0 Å². The molecule has 8 heteroatoms. The zero-order valence-electron chi connectivity index (χ0n) is 18.9. The molecule has 178 valence electrons. The van der Waals surface area contributed by atoms with Crippen LogP contribution in [0.15, 0.2) is 47.4 Å². The van der Waals surface area contributed by atoms with E-state index in [1.807, 2.05) is 18.2 Å². The van der Waals surface area contributed by atoms with Crippen molar-refractivity contribution in [2.24, 2.45) is 0 Å². The Hall–Kier alpha value is -1.93. The number of carbonyl (C=O) groups excluding carboxylic acids is 1. The molecular formula is C25H32ClN3O3S. The Bertz CT molecular complexity index is 1080. The highest BCUT2D eigenvalue weighted by Crippen LogP contribution is 2.25. The molecule has 0 spiro atoms. The summed E-state index contributed by atoms with van der Waals surface area (Å²) in [4.78, 5) is 15.5. The van der Waals surface area contributed by atoms with Gasteiger partial charge in [-0.15, -0.1) is 0 Å². The Morgan fingerprint density at radius 3 is 2.21 bits per heavy atom. The molecule has 33 heavy (non-hydrogen) atoms. The molecule has 0 aliphatic carbocycles. The van der Waals surface area contributed by atoms with Crippen molar-refractivity contribution in [2.75, 3.05) is 26.2 Å². The van der Waals surface area contributed by atoms with E-state index >= 15 is 0 Å². The molecule has 4 rings (SSSR count). The first-order valence-corrected chi connectivity index (χ1v) is 13.6. The van der Waals surface area contributed by atoms with Gasteiger partial charge in [-0.1, -0.05) is 48.7 Å². The van der Waals surface area contributed by atoms with Crippen LogP contribution >= 0.6 is 11.6 Å². The first-order chi connectivity index (χ1) is 15.9. The second kappa shape index (κ2) is 11.0. The highest BCUT2D eigenvalue weighted by molar-refractivity contribution is 7.89. The lowest BCUT2D eigenvalue weighted by atomic mass is 10.1. The van der Waals surface area contributed by atoms with Crippen LogP contribution in [0.4, 0.5) is 0 Å². The maximum Gasteiger partial charge on any atom is 0.253 e. The van der Waals surface area contributed by atoms with Crippen molar-refractivity contribution in [1.82, 2.24) is 14.5 Å². The summed E-state index contributed by atoms with van der Waals surface area (Å²) in [6, 6.07) is 12.5. The monoisotopic (exact) mass is 489 g/mol. The Labute approximate surface area is 202 Å². The third-order valence-electron chi connectivity index (χ3n) is 6.54. The molecule has 0 unspecified atom stereocenters. The highest BCUT2D eigenvalue weighted by Gasteiger charge is 2.26. The number of nitrogens with zero attached hydrogens (tertiary/aromatic N) is 2. The fourth-order valence-corrected chi connectivity index (χ4v) is 6.35. The number of benzene rings is 2. The lowest BCUT2D eigenvalue weighted by Crippen LogP contribution is -2.32. The van der Waals surface area contributed by atoms with Gasteiger partial charge in [0.25, 0.3) is 5.91 Å². The summed E-state index contributed by atoms with van der Waals surface area (Å²) in [5, 5.41) is 3.18. The van der Waals surface area contributed by atoms with Gasteiger partial charge in [0.1, 0.15) is 0 Å². The van der Waals surface area contributed by atoms with Crippen molar-refractivity contribution in [1.29, 1.82) is 0 Å². The summed E-state index contributed by atoms with van der Waals surface area (Å²) < 4.78 is 27.8. The summed E-state index contributed by atoms with van der Waals surface area (Å²) in [5.74, 6) is -0.371. The van der Waals surface area contributed by atoms with Crippen LogP contribution in [0.1, 0.15) is 60.0 Å². The summed E-state index contributed by atoms with van der Waals surface area (Å²) in [6.07, 6.45) is 6.26. The zero-order valence-corrected chi connectivity index (χ0v) is 20.5.